The third kappa shape index (κ3) is 3.49. The normalized spacial score (nSPS) is 16.3. The van der Waals surface area contributed by atoms with Gasteiger partial charge in [-0.3, -0.25) is 4.57 Å². The van der Waals surface area contributed by atoms with Crippen LogP contribution in [0.1, 0.15) is 25.3 Å². The Morgan fingerprint density at radius 2 is 2.07 bits per heavy atom. The molecule has 1 saturated heterocycles. The fourth-order valence-electron chi connectivity index (χ4n) is 3.21. The van der Waals surface area contributed by atoms with Crippen LogP contribution in [-0.2, 0) is 21.3 Å². The molecule has 0 radical (unpaired) electrons. The van der Waals surface area contributed by atoms with Gasteiger partial charge in [-0.2, -0.15) is 0 Å². The molecule has 0 spiro atoms. The van der Waals surface area contributed by atoms with Gasteiger partial charge in [0.15, 0.2) is 5.01 Å². The zero-order chi connectivity index (χ0) is 21.8. The van der Waals surface area contributed by atoms with Crippen molar-refractivity contribution < 1.29 is 21.9 Å². The minimum Gasteiger partial charge on any atom is -0.377 e. The number of sulfonamides is 1. The van der Waals surface area contributed by atoms with Crippen LogP contribution in [-0.4, -0.2) is 46.5 Å². The number of imidazole rings is 1. The largest absolute Gasteiger partial charge is 0.377 e. The van der Waals surface area contributed by atoms with Gasteiger partial charge in [0.1, 0.15) is 0 Å². The molecule has 0 amide bonds. The number of rotatable bonds is 6. The molecule has 9 nitrogen and oxygen atoms in total. The zero-order valence-corrected chi connectivity index (χ0v) is 18.9. The molecule has 1 N–H and O–H groups in total. The first kappa shape index (κ1) is 21.5. The second-order valence-corrected chi connectivity index (χ2v) is 10.5. The van der Waals surface area contributed by atoms with Crippen molar-refractivity contribution in [3.8, 4) is 5.13 Å². The molecule has 0 saturated carbocycles. The van der Waals surface area contributed by atoms with Crippen LogP contribution in [0.25, 0.3) is 16.2 Å². The first-order valence-electron chi connectivity index (χ1n) is 8.75. The van der Waals surface area contributed by atoms with E-state index in [1.807, 2.05) is 0 Å². The van der Waals surface area contributed by atoms with Crippen LogP contribution in [0.3, 0.4) is 0 Å². The maximum atomic E-state index is 13.0. The van der Waals surface area contributed by atoms with E-state index in [9.17, 15) is 22.0 Å². The summed E-state index contributed by atoms with van der Waals surface area (Å²) in [4.78, 5) is 12.9. The van der Waals surface area contributed by atoms with E-state index in [4.69, 9.17) is 4.74 Å². The van der Waals surface area contributed by atoms with Crippen molar-refractivity contribution in [2.75, 3.05) is 13.2 Å². The third-order valence-electron chi connectivity index (χ3n) is 4.61. The van der Waals surface area contributed by atoms with E-state index >= 15 is 0 Å². The standard InChI is InChI=1S/C16H16BrF2N5O4S2/c1-3-23-11-9(17)4-8(30(26,27)22-16(2)6-28-7-16)5-10(11)24(15(23)25)14-21-20-13(29-14)12(18)19/h4-5,12,22H,3,6-7H2,1-2H3. The number of ether oxygens (including phenoxy) is 1. The summed E-state index contributed by atoms with van der Waals surface area (Å²) in [5.74, 6) is 0. The van der Waals surface area contributed by atoms with E-state index in [1.54, 1.807) is 13.8 Å². The van der Waals surface area contributed by atoms with Crippen LogP contribution in [0.15, 0.2) is 26.3 Å². The summed E-state index contributed by atoms with van der Waals surface area (Å²) < 4.78 is 62.4. The fraction of sp³-hybridized carbons (Fsp3) is 0.438. The van der Waals surface area contributed by atoms with Crippen LogP contribution in [0, 0.1) is 0 Å². The Kier molecular flexibility index (Phi) is 5.33. The Labute approximate surface area is 181 Å². The number of hydrogen-bond acceptors (Lipinski definition) is 7. The molecular weight excluding hydrogens is 508 g/mol. The van der Waals surface area contributed by atoms with Gasteiger partial charge in [-0.05, 0) is 41.9 Å². The minimum absolute atomic E-state index is 0.0683. The maximum absolute atomic E-state index is 13.0. The SMILES string of the molecule is CCn1c(=O)n(-c2nnc(C(F)F)s2)c2cc(S(=O)(=O)NC3(C)COC3)cc(Br)c21. The summed E-state index contributed by atoms with van der Waals surface area (Å²) in [6.45, 7) is 4.23. The van der Waals surface area contributed by atoms with Gasteiger partial charge >= 0.3 is 5.69 Å². The highest BCUT2D eigenvalue weighted by atomic mass is 79.9. The van der Waals surface area contributed by atoms with Crippen molar-refractivity contribution in [3.63, 3.8) is 0 Å². The van der Waals surface area contributed by atoms with Crippen molar-refractivity contribution in [1.29, 1.82) is 0 Å². The van der Waals surface area contributed by atoms with Crippen molar-refractivity contribution in [2.24, 2.45) is 0 Å². The second-order valence-electron chi connectivity index (χ2n) is 7.02. The maximum Gasteiger partial charge on any atom is 0.335 e. The molecule has 30 heavy (non-hydrogen) atoms. The lowest BCUT2D eigenvalue weighted by Crippen LogP contribution is -2.59. The molecule has 4 rings (SSSR count). The summed E-state index contributed by atoms with van der Waals surface area (Å²) in [6.07, 6.45) is -2.83. The van der Waals surface area contributed by atoms with Crippen LogP contribution >= 0.6 is 27.3 Å². The lowest BCUT2D eigenvalue weighted by Gasteiger charge is -2.38. The van der Waals surface area contributed by atoms with Crippen molar-refractivity contribution in [2.45, 2.75) is 37.3 Å². The average Bonchev–Trinajstić information content (AvgIpc) is 3.22. The van der Waals surface area contributed by atoms with E-state index in [0.29, 0.717) is 21.3 Å². The number of nitrogens with one attached hydrogen (secondary N) is 1. The van der Waals surface area contributed by atoms with Crippen LogP contribution in [0.4, 0.5) is 8.78 Å². The second kappa shape index (κ2) is 7.44. The summed E-state index contributed by atoms with van der Waals surface area (Å²) in [5.41, 5.74) is -0.621. The molecule has 3 aromatic rings. The number of nitrogens with zero attached hydrogens (tertiary/aromatic N) is 4. The number of alkyl halides is 2. The van der Waals surface area contributed by atoms with E-state index in [2.05, 4.69) is 30.8 Å². The summed E-state index contributed by atoms with van der Waals surface area (Å²) in [6, 6.07) is 2.72. The van der Waals surface area contributed by atoms with Crippen molar-refractivity contribution in [1.82, 2.24) is 24.1 Å². The monoisotopic (exact) mass is 523 g/mol. The van der Waals surface area contributed by atoms with Gasteiger partial charge in [0, 0.05) is 11.0 Å². The predicted octanol–water partition coefficient (Wildman–Crippen LogP) is 2.43. The van der Waals surface area contributed by atoms with Crippen molar-refractivity contribution in [3.05, 3.63) is 32.1 Å². The molecule has 1 aliphatic heterocycles. The number of benzene rings is 1. The molecule has 1 fully saturated rings. The van der Waals surface area contributed by atoms with E-state index in [-0.39, 0.29) is 35.3 Å². The smallest absolute Gasteiger partial charge is 0.335 e. The lowest BCUT2D eigenvalue weighted by atomic mass is 10.0. The zero-order valence-electron chi connectivity index (χ0n) is 15.7. The molecule has 0 unspecified atom stereocenters. The molecular formula is C16H16BrF2N5O4S2. The number of fused-ring (bicyclic) bond motifs is 1. The topological polar surface area (TPSA) is 108 Å². The Balaban J connectivity index is 1.94. The Hall–Kier alpha value is -1.74. The van der Waals surface area contributed by atoms with Gasteiger partial charge in [-0.15, -0.1) is 10.2 Å². The van der Waals surface area contributed by atoms with Crippen LogP contribution in [0.2, 0.25) is 0 Å². The number of aryl methyl sites for hydroxylation is 1. The molecule has 0 atom stereocenters. The van der Waals surface area contributed by atoms with Gasteiger partial charge in [0.2, 0.25) is 15.2 Å². The number of aromatic nitrogens is 4. The third-order valence-corrected chi connectivity index (χ3v) is 7.74. The molecule has 1 aliphatic rings. The molecule has 0 bridgehead atoms. The highest BCUT2D eigenvalue weighted by Gasteiger charge is 2.38. The molecule has 3 heterocycles. The average molecular weight is 524 g/mol. The molecule has 162 valence electrons. The Morgan fingerprint density at radius 3 is 2.60 bits per heavy atom. The van der Waals surface area contributed by atoms with E-state index < -0.39 is 32.7 Å². The van der Waals surface area contributed by atoms with Crippen molar-refractivity contribution >= 4 is 48.3 Å². The van der Waals surface area contributed by atoms with Gasteiger partial charge in [-0.25, -0.2) is 31.3 Å². The number of hydrogen-bond donors (Lipinski definition) is 1. The van der Waals surface area contributed by atoms with E-state index in [1.165, 1.54) is 16.7 Å². The lowest BCUT2D eigenvalue weighted by molar-refractivity contribution is -0.0523. The minimum atomic E-state index is -3.95. The van der Waals surface area contributed by atoms with E-state index in [0.717, 1.165) is 4.57 Å². The predicted molar refractivity (Wildman–Crippen MR) is 109 cm³/mol. The van der Waals surface area contributed by atoms with Gasteiger partial charge in [-0.1, -0.05) is 11.3 Å². The summed E-state index contributed by atoms with van der Waals surface area (Å²) in [7, 11) is -3.95. The van der Waals surface area contributed by atoms with Crippen LogP contribution < -0.4 is 10.4 Å². The molecule has 2 aromatic heterocycles. The van der Waals surface area contributed by atoms with Crippen LogP contribution in [0.5, 0.6) is 0 Å². The first-order chi connectivity index (χ1) is 14.1. The quantitative estimate of drug-likeness (QED) is 0.531. The Bertz CT molecular complexity index is 1300. The highest BCUT2D eigenvalue weighted by molar-refractivity contribution is 9.10. The Morgan fingerprint density at radius 1 is 1.37 bits per heavy atom. The number of halogens is 3. The summed E-state index contributed by atoms with van der Waals surface area (Å²) in [5, 5.41) is 6.54. The molecule has 1 aromatic carbocycles. The van der Waals surface area contributed by atoms with Gasteiger partial charge in [0.05, 0.1) is 34.7 Å². The van der Waals surface area contributed by atoms with Gasteiger partial charge in [0.25, 0.3) is 6.43 Å². The highest BCUT2D eigenvalue weighted by Crippen LogP contribution is 2.32. The summed E-state index contributed by atoms with van der Waals surface area (Å²) >= 11 is 3.92. The fourth-order valence-corrected chi connectivity index (χ4v) is 6.15. The molecule has 0 aliphatic carbocycles. The molecule has 14 heteroatoms. The van der Waals surface area contributed by atoms with Gasteiger partial charge < -0.3 is 4.74 Å². The first-order valence-corrected chi connectivity index (χ1v) is 11.8.